The van der Waals surface area contributed by atoms with Crippen LogP contribution in [-0.4, -0.2) is 0 Å². The molecular weight excluding hydrogens is 282 g/mol. The summed E-state index contributed by atoms with van der Waals surface area (Å²) in [7, 11) is 0. The van der Waals surface area contributed by atoms with E-state index in [9.17, 15) is 0 Å². The SMILES string of the molecule is Cc1ccc(Sc2cc(Br)ccc2N)cc1. The predicted octanol–water partition coefficient (Wildman–Crippen LogP) is 4.49. The molecule has 0 spiro atoms. The van der Waals surface area contributed by atoms with Crippen LogP contribution in [0, 0.1) is 6.92 Å². The number of hydrogen-bond donors (Lipinski definition) is 1. The molecule has 0 aliphatic rings. The van der Waals surface area contributed by atoms with E-state index in [1.54, 1.807) is 11.8 Å². The molecular formula is C13H12BrNS. The van der Waals surface area contributed by atoms with Crippen molar-refractivity contribution in [3.63, 3.8) is 0 Å². The Morgan fingerprint density at radius 2 is 1.75 bits per heavy atom. The molecule has 0 aliphatic carbocycles. The van der Waals surface area contributed by atoms with E-state index in [4.69, 9.17) is 5.73 Å². The molecule has 0 saturated carbocycles. The van der Waals surface area contributed by atoms with Crippen molar-refractivity contribution in [2.75, 3.05) is 5.73 Å². The van der Waals surface area contributed by atoms with Gasteiger partial charge < -0.3 is 5.73 Å². The monoisotopic (exact) mass is 293 g/mol. The number of nitrogen functional groups attached to an aromatic ring is 1. The first kappa shape index (κ1) is 11.6. The Balaban J connectivity index is 2.26. The average Bonchev–Trinajstić information content (AvgIpc) is 2.27. The van der Waals surface area contributed by atoms with Crippen LogP contribution in [-0.2, 0) is 0 Å². The maximum absolute atomic E-state index is 5.93. The fourth-order valence-electron chi connectivity index (χ4n) is 1.33. The Bertz CT molecular complexity index is 494. The summed E-state index contributed by atoms with van der Waals surface area (Å²) in [5, 5.41) is 0. The highest BCUT2D eigenvalue weighted by molar-refractivity contribution is 9.10. The standard InChI is InChI=1S/C13H12BrNS/c1-9-2-5-11(6-3-9)16-13-8-10(14)4-7-12(13)15/h2-8H,15H2,1H3. The van der Waals surface area contributed by atoms with Crippen LogP contribution in [0.25, 0.3) is 0 Å². The van der Waals surface area contributed by atoms with Crippen molar-refractivity contribution in [2.24, 2.45) is 0 Å². The molecule has 0 unspecified atom stereocenters. The van der Waals surface area contributed by atoms with Gasteiger partial charge in [0.2, 0.25) is 0 Å². The molecule has 0 aliphatic heterocycles. The topological polar surface area (TPSA) is 26.0 Å². The van der Waals surface area contributed by atoms with E-state index >= 15 is 0 Å². The first-order chi connectivity index (χ1) is 7.65. The zero-order valence-electron chi connectivity index (χ0n) is 8.91. The zero-order chi connectivity index (χ0) is 11.5. The molecule has 0 aromatic heterocycles. The second kappa shape index (κ2) is 4.93. The molecule has 1 nitrogen and oxygen atoms in total. The lowest BCUT2D eigenvalue weighted by Gasteiger charge is -2.06. The molecule has 0 saturated heterocycles. The number of nitrogens with two attached hydrogens (primary N) is 1. The molecule has 0 heterocycles. The summed E-state index contributed by atoms with van der Waals surface area (Å²) in [6.45, 7) is 2.09. The number of hydrogen-bond acceptors (Lipinski definition) is 2. The summed E-state index contributed by atoms with van der Waals surface area (Å²) in [5.74, 6) is 0. The summed E-state index contributed by atoms with van der Waals surface area (Å²) >= 11 is 5.13. The molecule has 0 amide bonds. The third-order valence-corrected chi connectivity index (χ3v) is 3.80. The molecule has 2 aromatic rings. The quantitative estimate of drug-likeness (QED) is 0.826. The lowest BCUT2D eigenvalue weighted by atomic mass is 10.2. The lowest BCUT2D eigenvalue weighted by Crippen LogP contribution is -1.87. The molecule has 3 heteroatoms. The Hall–Kier alpha value is -0.930. The van der Waals surface area contributed by atoms with Crippen molar-refractivity contribution in [1.29, 1.82) is 0 Å². The van der Waals surface area contributed by atoms with E-state index in [1.165, 1.54) is 10.5 Å². The summed E-state index contributed by atoms with van der Waals surface area (Å²) in [6, 6.07) is 14.3. The van der Waals surface area contributed by atoms with E-state index in [-0.39, 0.29) is 0 Å². The number of halogens is 1. The molecule has 82 valence electrons. The second-order valence-corrected chi connectivity index (χ2v) is 5.63. The molecule has 2 N–H and O–H groups in total. The summed E-state index contributed by atoms with van der Waals surface area (Å²) in [5.41, 5.74) is 8.01. The molecule has 0 radical (unpaired) electrons. The van der Waals surface area contributed by atoms with Crippen molar-refractivity contribution < 1.29 is 0 Å². The Labute approximate surface area is 108 Å². The highest BCUT2D eigenvalue weighted by Crippen LogP contribution is 2.33. The summed E-state index contributed by atoms with van der Waals surface area (Å²) in [6.07, 6.45) is 0. The normalized spacial score (nSPS) is 10.4. The minimum atomic E-state index is 0.814. The molecule has 0 atom stereocenters. The van der Waals surface area contributed by atoms with Gasteiger partial charge >= 0.3 is 0 Å². The maximum atomic E-state index is 5.93. The van der Waals surface area contributed by atoms with Crippen LogP contribution in [0.1, 0.15) is 5.56 Å². The van der Waals surface area contributed by atoms with Gasteiger partial charge in [-0.25, -0.2) is 0 Å². The largest absolute Gasteiger partial charge is 0.398 e. The number of benzene rings is 2. The van der Waals surface area contributed by atoms with Gasteiger partial charge in [0, 0.05) is 20.0 Å². The molecule has 2 rings (SSSR count). The van der Waals surface area contributed by atoms with Crippen molar-refractivity contribution in [3.05, 3.63) is 52.5 Å². The fraction of sp³-hybridized carbons (Fsp3) is 0.0769. The van der Waals surface area contributed by atoms with E-state index in [0.717, 1.165) is 15.1 Å². The van der Waals surface area contributed by atoms with Crippen LogP contribution in [0.5, 0.6) is 0 Å². The third-order valence-electron chi connectivity index (χ3n) is 2.22. The highest BCUT2D eigenvalue weighted by atomic mass is 79.9. The van der Waals surface area contributed by atoms with Gasteiger partial charge in [-0.05, 0) is 37.3 Å². The average molecular weight is 294 g/mol. The van der Waals surface area contributed by atoms with Crippen LogP contribution in [0.15, 0.2) is 56.7 Å². The maximum Gasteiger partial charge on any atom is 0.0456 e. The fourth-order valence-corrected chi connectivity index (χ4v) is 2.74. The minimum absolute atomic E-state index is 0.814. The van der Waals surface area contributed by atoms with Crippen molar-refractivity contribution in [1.82, 2.24) is 0 Å². The van der Waals surface area contributed by atoms with Gasteiger partial charge in [0.1, 0.15) is 0 Å². The van der Waals surface area contributed by atoms with E-state index in [2.05, 4.69) is 47.1 Å². The lowest BCUT2D eigenvalue weighted by molar-refractivity contribution is 1.36. The van der Waals surface area contributed by atoms with E-state index in [0.29, 0.717) is 0 Å². The van der Waals surface area contributed by atoms with Gasteiger partial charge in [-0.15, -0.1) is 0 Å². The van der Waals surface area contributed by atoms with Crippen LogP contribution in [0.3, 0.4) is 0 Å². The second-order valence-electron chi connectivity index (χ2n) is 3.60. The van der Waals surface area contributed by atoms with Gasteiger partial charge in [0.15, 0.2) is 0 Å². The van der Waals surface area contributed by atoms with Gasteiger partial charge in [-0.2, -0.15) is 0 Å². The van der Waals surface area contributed by atoms with E-state index in [1.807, 2.05) is 18.2 Å². The number of aryl methyl sites for hydroxylation is 1. The van der Waals surface area contributed by atoms with Gasteiger partial charge in [-0.3, -0.25) is 0 Å². The van der Waals surface area contributed by atoms with Gasteiger partial charge in [0.25, 0.3) is 0 Å². The molecule has 2 aromatic carbocycles. The molecule has 0 bridgehead atoms. The van der Waals surface area contributed by atoms with Crippen LogP contribution >= 0.6 is 27.7 Å². The minimum Gasteiger partial charge on any atom is -0.398 e. The first-order valence-electron chi connectivity index (χ1n) is 4.95. The van der Waals surface area contributed by atoms with Crippen LogP contribution in [0.4, 0.5) is 5.69 Å². The van der Waals surface area contributed by atoms with E-state index < -0.39 is 0 Å². The Morgan fingerprint density at radius 1 is 1.06 bits per heavy atom. The van der Waals surface area contributed by atoms with Crippen LogP contribution < -0.4 is 5.73 Å². The Kier molecular flexibility index (Phi) is 3.56. The van der Waals surface area contributed by atoms with Crippen molar-refractivity contribution >= 4 is 33.4 Å². The third kappa shape index (κ3) is 2.80. The summed E-state index contributed by atoms with van der Waals surface area (Å²) in [4.78, 5) is 2.29. The number of rotatable bonds is 2. The highest BCUT2D eigenvalue weighted by Gasteiger charge is 2.02. The zero-order valence-corrected chi connectivity index (χ0v) is 11.3. The van der Waals surface area contributed by atoms with Crippen molar-refractivity contribution in [2.45, 2.75) is 16.7 Å². The first-order valence-corrected chi connectivity index (χ1v) is 6.55. The molecule has 16 heavy (non-hydrogen) atoms. The predicted molar refractivity (Wildman–Crippen MR) is 73.9 cm³/mol. The molecule has 0 fully saturated rings. The summed E-state index contributed by atoms with van der Waals surface area (Å²) < 4.78 is 1.05. The Morgan fingerprint density at radius 3 is 2.44 bits per heavy atom. The smallest absolute Gasteiger partial charge is 0.0456 e. The van der Waals surface area contributed by atoms with Crippen molar-refractivity contribution in [3.8, 4) is 0 Å². The number of anilines is 1. The van der Waals surface area contributed by atoms with Crippen LogP contribution in [0.2, 0.25) is 0 Å². The van der Waals surface area contributed by atoms with Gasteiger partial charge in [0.05, 0.1) is 0 Å². The van der Waals surface area contributed by atoms with Gasteiger partial charge in [-0.1, -0.05) is 45.4 Å².